The van der Waals surface area contributed by atoms with Gasteiger partial charge in [-0.3, -0.25) is 4.90 Å². The second-order valence-corrected chi connectivity index (χ2v) is 5.04. The molecule has 2 aliphatic heterocycles. The summed E-state index contributed by atoms with van der Waals surface area (Å²) in [5.74, 6) is 1.05. The Morgan fingerprint density at radius 3 is 3.00 bits per heavy atom. The zero-order valence-corrected chi connectivity index (χ0v) is 9.83. The maximum atomic E-state index is 6.10. The molecule has 0 amide bonds. The van der Waals surface area contributed by atoms with Crippen LogP contribution in [-0.2, 0) is 13.0 Å². The summed E-state index contributed by atoms with van der Waals surface area (Å²) in [4.78, 5) is 2.32. The van der Waals surface area contributed by atoms with Gasteiger partial charge in [-0.05, 0) is 17.7 Å². The molecule has 4 heteroatoms. The number of hydrogen-bond acceptors (Lipinski definition) is 3. The first kappa shape index (κ1) is 10.4. The average Bonchev–Trinajstić information content (AvgIpc) is 2.62. The normalized spacial score (nSPS) is 20.4. The molecular weight excluding hydrogens is 224 g/mol. The molecule has 1 aromatic rings. The lowest BCUT2D eigenvalue weighted by Gasteiger charge is -2.37. The van der Waals surface area contributed by atoms with Crippen molar-refractivity contribution in [2.75, 3.05) is 19.7 Å². The van der Waals surface area contributed by atoms with Crippen molar-refractivity contribution in [1.29, 1.82) is 0 Å². The maximum Gasteiger partial charge on any atom is 0.127 e. The molecule has 2 aliphatic rings. The predicted octanol–water partition coefficient (Wildman–Crippen LogP) is 1.42. The van der Waals surface area contributed by atoms with Crippen LogP contribution in [0.15, 0.2) is 12.1 Å². The lowest BCUT2D eigenvalue weighted by Crippen LogP contribution is -2.54. The Balaban J connectivity index is 1.83. The van der Waals surface area contributed by atoms with Crippen LogP contribution in [0, 0.1) is 0 Å². The van der Waals surface area contributed by atoms with Gasteiger partial charge in [0.15, 0.2) is 0 Å². The highest BCUT2D eigenvalue weighted by Gasteiger charge is 2.25. The van der Waals surface area contributed by atoms with Crippen LogP contribution in [0.5, 0.6) is 5.75 Å². The van der Waals surface area contributed by atoms with Crippen molar-refractivity contribution < 1.29 is 4.74 Å². The van der Waals surface area contributed by atoms with Gasteiger partial charge in [0, 0.05) is 42.7 Å². The van der Waals surface area contributed by atoms with Gasteiger partial charge >= 0.3 is 0 Å². The van der Waals surface area contributed by atoms with Gasteiger partial charge in [0.25, 0.3) is 0 Å². The first-order valence-corrected chi connectivity index (χ1v) is 6.02. The number of nitrogens with zero attached hydrogens (tertiary/aromatic N) is 1. The number of benzene rings is 1. The SMILES string of the molecule is NC1CN(Cc2cc(Cl)cc3c2OCC3)C1. The van der Waals surface area contributed by atoms with Gasteiger partial charge in [-0.2, -0.15) is 0 Å². The van der Waals surface area contributed by atoms with E-state index in [1.165, 1.54) is 11.1 Å². The lowest BCUT2D eigenvalue weighted by molar-refractivity contribution is 0.141. The molecule has 0 spiro atoms. The first-order chi connectivity index (χ1) is 7.72. The molecule has 0 radical (unpaired) electrons. The standard InChI is InChI=1S/C12H15ClN2O/c13-10-3-8-1-2-16-12(8)9(4-10)5-15-6-11(14)7-15/h3-4,11H,1-2,5-7,14H2. The fourth-order valence-electron chi connectivity index (χ4n) is 2.44. The fraction of sp³-hybridized carbons (Fsp3) is 0.500. The van der Waals surface area contributed by atoms with Crippen LogP contribution < -0.4 is 10.5 Å². The molecule has 1 fully saturated rings. The number of halogens is 1. The van der Waals surface area contributed by atoms with E-state index in [0.717, 1.165) is 43.4 Å². The largest absolute Gasteiger partial charge is 0.493 e. The Morgan fingerprint density at radius 2 is 2.25 bits per heavy atom. The molecule has 1 saturated heterocycles. The smallest absolute Gasteiger partial charge is 0.127 e. The van der Waals surface area contributed by atoms with Crippen molar-refractivity contribution in [2.45, 2.75) is 19.0 Å². The minimum absolute atomic E-state index is 0.341. The number of hydrogen-bond donors (Lipinski definition) is 1. The van der Waals surface area contributed by atoms with Gasteiger partial charge in [0.1, 0.15) is 5.75 Å². The van der Waals surface area contributed by atoms with E-state index in [4.69, 9.17) is 22.1 Å². The molecule has 0 unspecified atom stereocenters. The van der Waals surface area contributed by atoms with Crippen molar-refractivity contribution in [3.63, 3.8) is 0 Å². The summed E-state index contributed by atoms with van der Waals surface area (Å²) < 4.78 is 5.66. The van der Waals surface area contributed by atoms with Gasteiger partial charge in [0.05, 0.1) is 6.61 Å². The quantitative estimate of drug-likeness (QED) is 0.847. The van der Waals surface area contributed by atoms with Crippen LogP contribution in [0.3, 0.4) is 0 Å². The van der Waals surface area contributed by atoms with Crippen LogP contribution in [0.25, 0.3) is 0 Å². The Labute approximate surface area is 100 Å². The predicted molar refractivity (Wildman–Crippen MR) is 63.9 cm³/mol. The highest BCUT2D eigenvalue weighted by Crippen LogP contribution is 2.34. The van der Waals surface area contributed by atoms with Gasteiger partial charge in [-0.25, -0.2) is 0 Å². The molecule has 0 aliphatic carbocycles. The van der Waals surface area contributed by atoms with Crippen LogP contribution in [0.1, 0.15) is 11.1 Å². The third-order valence-corrected chi connectivity index (χ3v) is 3.42. The molecule has 3 rings (SSSR count). The van der Waals surface area contributed by atoms with E-state index in [0.29, 0.717) is 6.04 Å². The number of rotatable bonds is 2. The summed E-state index contributed by atoms with van der Waals surface area (Å²) in [6.07, 6.45) is 0.975. The van der Waals surface area contributed by atoms with Crippen LogP contribution in [-0.4, -0.2) is 30.6 Å². The van der Waals surface area contributed by atoms with E-state index in [-0.39, 0.29) is 0 Å². The lowest BCUT2D eigenvalue weighted by atomic mass is 10.0. The van der Waals surface area contributed by atoms with E-state index in [1.807, 2.05) is 12.1 Å². The summed E-state index contributed by atoms with van der Waals surface area (Å²) in [6.45, 7) is 3.63. The molecule has 86 valence electrons. The van der Waals surface area contributed by atoms with Gasteiger partial charge < -0.3 is 10.5 Å². The summed E-state index contributed by atoms with van der Waals surface area (Å²) >= 11 is 6.10. The van der Waals surface area contributed by atoms with E-state index in [1.54, 1.807) is 0 Å². The zero-order valence-electron chi connectivity index (χ0n) is 9.08. The number of ether oxygens (including phenoxy) is 1. The van der Waals surface area contributed by atoms with Gasteiger partial charge in [0.2, 0.25) is 0 Å². The van der Waals surface area contributed by atoms with Crippen molar-refractivity contribution in [3.05, 3.63) is 28.3 Å². The van der Waals surface area contributed by atoms with Gasteiger partial charge in [-0.15, -0.1) is 0 Å². The Hall–Kier alpha value is -0.770. The van der Waals surface area contributed by atoms with Crippen LogP contribution in [0.2, 0.25) is 5.02 Å². The Morgan fingerprint density at radius 1 is 1.44 bits per heavy atom. The summed E-state index contributed by atoms with van der Waals surface area (Å²) in [5, 5.41) is 0.809. The summed E-state index contributed by atoms with van der Waals surface area (Å²) in [5.41, 5.74) is 8.21. The second-order valence-electron chi connectivity index (χ2n) is 4.61. The molecule has 3 nitrogen and oxygen atoms in total. The maximum absolute atomic E-state index is 6.10. The molecule has 0 saturated carbocycles. The molecule has 0 aromatic heterocycles. The molecule has 0 bridgehead atoms. The Kier molecular flexibility index (Phi) is 2.54. The van der Waals surface area contributed by atoms with Crippen molar-refractivity contribution in [2.24, 2.45) is 5.73 Å². The van der Waals surface area contributed by atoms with Crippen molar-refractivity contribution in [1.82, 2.24) is 4.90 Å². The third-order valence-electron chi connectivity index (χ3n) is 3.20. The van der Waals surface area contributed by atoms with Crippen molar-refractivity contribution >= 4 is 11.6 Å². The first-order valence-electron chi connectivity index (χ1n) is 5.64. The monoisotopic (exact) mass is 238 g/mol. The van der Waals surface area contributed by atoms with E-state index in [9.17, 15) is 0 Å². The fourth-order valence-corrected chi connectivity index (χ4v) is 2.71. The summed E-state index contributed by atoms with van der Waals surface area (Å²) in [6, 6.07) is 4.36. The molecule has 2 N–H and O–H groups in total. The molecule has 1 aromatic carbocycles. The zero-order chi connectivity index (χ0) is 11.1. The van der Waals surface area contributed by atoms with Crippen LogP contribution >= 0.6 is 11.6 Å². The third kappa shape index (κ3) is 1.79. The topological polar surface area (TPSA) is 38.5 Å². The van der Waals surface area contributed by atoms with E-state index < -0.39 is 0 Å². The molecule has 16 heavy (non-hydrogen) atoms. The van der Waals surface area contributed by atoms with E-state index >= 15 is 0 Å². The number of fused-ring (bicyclic) bond motifs is 1. The van der Waals surface area contributed by atoms with E-state index in [2.05, 4.69) is 4.90 Å². The van der Waals surface area contributed by atoms with Crippen LogP contribution in [0.4, 0.5) is 0 Å². The highest BCUT2D eigenvalue weighted by molar-refractivity contribution is 6.30. The minimum atomic E-state index is 0.341. The second kappa shape index (κ2) is 3.91. The van der Waals surface area contributed by atoms with Gasteiger partial charge in [-0.1, -0.05) is 11.6 Å². The number of nitrogens with two attached hydrogens (primary N) is 1. The Bertz CT molecular complexity index is 416. The summed E-state index contributed by atoms with van der Waals surface area (Å²) in [7, 11) is 0. The van der Waals surface area contributed by atoms with Crippen molar-refractivity contribution in [3.8, 4) is 5.75 Å². The highest BCUT2D eigenvalue weighted by atomic mass is 35.5. The number of likely N-dealkylation sites (tertiary alicyclic amines) is 1. The molecule has 0 atom stereocenters. The molecule has 2 heterocycles. The average molecular weight is 239 g/mol. The molecular formula is C12H15ClN2O. The minimum Gasteiger partial charge on any atom is -0.493 e.